The van der Waals surface area contributed by atoms with Gasteiger partial charge in [0.15, 0.2) is 0 Å². The van der Waals surface area contributed by atoms with Crippen molar-refractivity contribution in [1.82, 2.24) is 0 Å². The van der Waals surface area contributed by atoms with E-state index in [-0.39, 0.29) is 46.7 Å². The zero-order chi connectivity index (χ0) is 45.4. The minimum atomic E-state index is -0.413. The maximum absolute atomic E-state index is 9.80. The SMILES string of the molecule is [2H]c1c([2H])c(N(c2ccccc2-c2cc3c4ccccc4oc3c3ccccc23)c2c([2H])c([2H])c(-c3cccc4ccccc34)c([2H])c2[2H])c([2H])c([2H])c1-c1ccc(-c2ccccc2)cc1. The lowest BCUT2D eigenvalue weighted by molar-refractivity contribution is 0.672. The average molecular weight is 748 g/mol. The molecule has 1 aromatic heterocycles. The van der Waals surface area contributed by atoms with Crippen LogP contribution in [0.3, 0.4) is 0 Å². The second-order valence-electron chi connectivity index (χ2n) is 14.2. The number of anilines is 3. The molecule has 58 heavy (non-hydrogen) atoms. The molecule has 11 aromatic rings. The Balaban J connectivity index is 1.20. The highest BCUT2D eigenvalue weighted by atomic mass is 16.3. The van der Waals surface area contributed by atoms with Crippen molar-refractivity contribution < 1.29 is 15.4 Å². The first-order chi connectivity index (χ1) is 32.1. The summed E-state index contributed by atoms with van der Waals surface area (Å²) in [6.07, 6.45) is 0. The fourth-order valence-electron chi connectivity index (χ4n) is 8.04. The van der Waals surface area contributed by atoms with Gasteiger partial charge in [-0.05, 0) is 97.5 Å². The number of para-hydroxylation sites is 2. The standard InChI is InChI=1S/C56H37NO/c1-2-13-38(14-3-1)39-25-27-40(28-26-39)41-29-33-44(34-30-41)57(45-35-31-43(32-36-45)47-22-12-16-42-15-4-5-17-46(42)47)54-23-10-8-19-49(54)52-37-53-50-20-9-11-24-55(50)58-56(53)51-21-7-6-18-48(51)52/h1-37H/i29D,30D,31D,32D,33D,34D,35D,36D. The van der Waals surface area contributed by atoms with Crippen LogP contribution < -0.4 is 4.90 Å². The largest absolute Gasteiger partial charge is 0.455 e. The first-order valence-electron chi connectivity index (χ1n) is 23.2. The van der Waals surface area contributed by atoms with Gasteiger partial charge in [0.25, 0.3) is 0 Å². The molecule has 1 heterocycles. The van der Waals surface area contributed by atoms with Gasteiger partial charge in [-0.25, -0.2) is 0 Å². The topological polar surface area (TPSA) is 16.4 Å². The van der Waals surface area contributed by atoms with Crippen molar-refractivity contribution in [2.24, 2.45) is 0 Å². The first-order valence-corrected chi connectivity index (χ1v) is 19.2. The fourth-order valence-corrected chi connectivity index (χ4v) is 8.04. The third kappa shape index (κ3) is 5.82. The molecule has 0 aliphatic heterocycles. The summed E-state index contributed by atoms with van der Waals surface area (Å²) in [5, 5.41) is 5.08. The highest BCUT2D eigenvalue weighted by Crippen LogP contribution is 2.46. The molecule has 0 atom stereocenters. The van der Waals surface area contributed by atoms with E-state index in [1.807, 2.05) is 146 Å². The van der Waals surface area contributed by atoms with E-state index >= 15 is 0 Å². The van der Waals surface area contributed by atoms with Gasteiger partial charge >= 0.3 is 0 Å². The van der Waals surface area contributed by atoms with Crippen molar-refractivity contribution in [3.63, 3.8) is 0 Å². The van der Waals surface area contributed by atoms with Crippen LogP contribution in [0.15, 0.2) is 229 Å². The van der Waals surface area contributed by atoms with Crippen molar-refractivity contribution in [2.75, 3.05) is 4.90 Å². The van der Waals surface area contributed by atoms with Gasteiger partial charge < -0.3 is 9.32 Å². The zero-order valence-corrected chi connectivity index (χ0v) is 31.1. The van der Waals surface area contributed by atoms with E-state index in [0.29, 0.717) is 28.0 Å². The summed E-state index contributed by atoms with van der Waals surface area (Å²) in [7, 11) is 0. The molecule has 0 amide bonds. The Bertz CT molecular complexity index is 3690. The Labute approximate surface area is 348 Å². The molecule has 272 valence electrons. The second-order valence-corrected chi connectivity index (χ2v) is 14.2. The number of hydrogen-bond donors (Lipinski definition) is 0. The lowest BCUT2D eigenvalue weighted by atomic mass is 9.93. The third-order valence-electron chi connectivity index (χ3n) is 10.8. The van der Waals surface area contributed by atoms with Gasteiger partial charge in [0.1, 0.15) is 11.2 Å². The Kier molecular flexibility index (Phi) is 6.38. The van der Waals surface area contributed by atoms with E-state index < -0.39 is 24.2 Å². The molecule has 0 N–H and O–H groups in total. The Morgan fingerprint density at radius 3 is 1.64 bits per heavy atom. The number of benzene rings is 10. The molecule has 2 heteroatoms. The van der Waals surface area contributed by atoms with E-state index in [9.17, 15) is 11.0 Å². The van der Waals surface area contributed by atoms with Crippen LogP contribution in [0, 0.1) is 0 Å². The van der Waals surface area contributed by atoms with Gasteiger partial charge in [0.05, 0.1) is 16.7 Å². The summed E-state index contributed by atoms with van der Waals surface area (Å²) in [6.45, 7) is 0. The fraction of sp³-hybridized carbons (Fsp3) is 0. The summed E-state index contributed by atoms with van der Waals surface area (Å²) in [4.78, 5) is 1.40. The third-order valence-corrected chi connectivity index (χ3v) is 10.8. The number of nitrogens with zero attached hydrogens (tertiary/aromatic N) is 1. The molecule has 11 rings (SSSR count). The summed E-state index contributed by atoms with van der Waals surface area (Å²) in [5.74, 6) is 0. The van der Waals surface area contributed by atoms with Gasteiger partial charge in [-0.15, -0.1) is 0 Å². The van der Waals surface area contributed by atoms with Crippen LogP contribution in [0.4, 0.5) is 17.1 Å². The normalized spacial score (nSPS) is 13.4. The summed E-state index contributed by atoms with van der Waals surface area (Å²) in [6, 6.07) is 52.4. The van der Waals surface area contributed by atoms with Crippen LogP contribution in [0.2, 0.25) is 0 Å². The minimum absolute atomic E-state index is 0.0933. The van der Waals surface area contributed by atoms with E-state index in [2.05, 4.69) is 0 Å². The van der Waals surface area contributed by atoms with Crippen molar-refractivity contribution >= 4 is 60.5 Å². The number of rotatable bonds is 7. The molecule has 0 spiro atoms. The van der Waals surface area contributed by atoms with Crippen molar-refractivity contribution in [2.45, 2.75) is 0 Å². The van der Waals surface area contributed by atoms with Crippen LogP contribution in [0.1, 0.15) is 11.0 Å². The monoisotopic (exact) mass is 747 g/mol. The Morgan fingerprint density at radius 2 is 0.879 bits per heavy atom. The molecule has 0 fully saturated rings. The predicted octanol–water partition coefficient (Wildman–Crippen LogP) is 16.0. The first kappa shape index (κ1) is 26.2. The van der Waals surface area contributed by atoms with Gasteiger partial charge in [-0.2, -0.15) is 0 Å². The quantitative estimate of drug-likeness (QED) is 0.161. The lowest BCUT2D eigenvalue weighted by Crippen LogP contribution is -2.11. The molecule has 0 radical (unpaired) electrons. The smallest absolute Gasteiger partial charge is 0.143 e. The molecule has 0 aliphatic rings. The zero-order valence-electron chi connectivity index (χ0n) is 39.1. The van der Waals surface area contributed by atoms with Gasteiger partial charge in [-0.3, -0.25) is 0 Å². The lowest BCUT2D eigenvalue weighted by Gasteiger charge is -2.28. The van der Waals surface area contributed by atoms with Crippen LogP contribution >= 0.6 is 0 Å². The second kappa shape index (κ2) is 14.1. The Hall–Kier alpha value is -7.68. The highest BCUT2D eigenvalue weighted by Gasteiger charge is 2.21. The molecular formula is C56H37NO. The number of fused-ring (bicyclic) bond motifs is 6. The molecular weight excluding hydrogens is 703 g/mol. The Morgan fingerprint density at radius 1 is 0.345 bits per heavy atom. The van der Waals surface area contributed by atoms with Crippen molar-refractivity contribution in [3.05, 3.63) is 224 Å². The summed E-state index contributed by atoms with van der Waals surface area (Å²) >= 11 is 0. The molecule has 0 unspecified atom stereocenters. The van der Waals surface area contributed by atoms with Crippen LogP contribution in [-0.2, 0) is 0 Å². The van der Waals surface area contributed by atoms with Gasteiger partial charge in [0, 0.05) is 33.1 Å². The van der Waals surface area contributed by atoms with Gasteiger partial charge in [0.2, 0.25) is 0 Å². The predicted molar refractivity (Wildman–Crippen MR) is 245 cm³/mol. The van der Waals surface area contributed by atoms with Crippen LogP contribution in [-0.4, -0.2) is 0 Å². The highest BCUT2D eigenvalue weighted by molar-refractivity contribution is 6.20. The van der Waals surface area contributed by atoms with E-state index in [0.717, 1.165) is 54.6 Å². The van der Waals surface area contributed by atoms with Gasteiger partial charge in [-0.1, -0.05) is 182 Å². The molecule has 0 bridgehead atoms. The van der Waals surface area contributed by atoms with E-state index in [1.165, 1.54) is 4.90 Å². The van der Waals surface area contributed by atoms with E-state index in [1.54, 1.807) is 30.3 Å². The minimum Gasteiger partial charge on any atom is -0.455 e. The molecule has 2 nitrogen and oxygen atoms in total. The maximum atomic E-state index is 9.80. The van der Waals surface area contributed by atoms with Crippen molar-refractivity contribution in [1.29, 1.82) is 0 Å². The molecule has 0 saturated carbocycles. The van der Waals surface area contributed by atoms with E-state index in [4.69, 9.17) is 4.42 Å². The number of furan rings is 1. The maximum Gasteiger partial charge on any atom is 0.143 e. The summed E-state index contributed by atoms with van der Waals surface area (Å²) < 4.78 is 83.9. The van der Waals surface area contributed by atoms with Crippen LogP contribution in [0.5, 0.6) is 0 Å². The summed E-state index contributed by atoms with van der Waals surface area (Å²) in [5.41, 5.74) is 5.79. The number of hydrogen-bond acceptors (Lipinski definition) is 2. The molecule has 0 aliphatic carbocycles. The molecule has 0 saturated heterocycles. The van der Waals surface area contributed by atoms with Crippen molar-refractivity contribution in [3.8, 4) is 44.5 Å². The van der Waals surface area contributed by atoms with Crippen LogP contribution in [0.25, 0.3) is 88.0 Å². The molecule has 10 aromatic carbocycles. The average Bonchev–Trinajstić information content (AvgIpc) is 3.74.